The molecule has 0 spiro atoms. The zero-order valence-corrected chi connectivity index (χ0v) is 22.5. The van der Waals surface area contributed by atoms with Gasteiger partial charge < -0.3 is 24.8 Å². The highest BCUT2D eigenvalue weighted by Gasteiger charge is 2.36. The van der Waals surface area contributed by atoms with Crippen LogP contribution in [0, 0.1) is 13.8 Å². The van der Waals surface area contributed by atoms with E-state index in [0.29, 0.717) is 34.2 Å². The predicted octanol–water partition coefficient (Wildman–Crippen LogP) is 4.72. The first-order valence-electron chi connectivity index (χ1n) is 12.3. The molecule has 3 aromatic rings. The quantitative estimate of drug-likeness (QED) is 0.380. The van der Waals surface area contributed by atoms with Crippen molar-refractivity contribution in [3.8, 4) is 17.2 Å². The molecule has 1 saturated heterocycles. The minimum Gasteiger partial charge on any atom is -0.484 e. The lowest BCUT2D eigenvalue weighted by Crippen LogP contribution is -2.36. The molecule has 10 nitrogen and oxygen atoms in total. The number of nitrogens with one attached hydrogen (secondary N) is 2. The number of imide groups is 1. The van der Waals surface area contributed by atoms with Crippen molar-refractivity contribution in [2.24, 2.45) is 0 Å². The molecule has 3 aromatic carbocycles. The van der Waals surface area contributed by atoms with E-state index in [1.165, 1.54) is 0 Å². The second-order valence-electron chi connectivity index (χ2n) is 9.09. The van der Waals surface area contributed by atoms with Crippen LogP contribution in [0.2, 0.25) is 0 Å². The van der Waals surface area contributed by atoms with Crippen LogP contribution in [-0.4, -0.2) is 47.8 Å². The van der Waals surface area contributed by atoms with E-state index in [2.05, 4.69) is 10.6 Å². The van der Waals surface area contributed by atoms with Gasteiger partial charge in [-0.15, -0.1) is 0 Å². The molecule has 11 heteroatoms. The van der Waals surface area contributed by atoms with Gasteiger partial charge in [-0.25, -0.2) is 0 Å². The third-order valence-corrected chi connectivity index (χ3v) is 7.08. The molecule has 204 valence electrons. The number of amides is 4. The Kier molecular flexibility index (Phi) is 7.74. The molecule has 2 N–H and O–H groups in total. The van der Waals surface area contributed by atoms with Crippen molar-refractivity contribution >= 4 is 52.2 Å². The Morgan fingerprint density at radius 2 is 1.60 bits per heavy atom. The number of carbonyl (C=O) groups is 4. The Morgan fingerprint density at radius 1 is 0.900 bits per heavy atom. The van der Waals surface area contributed by atoms with Crippen LogP contribution in [0.15, 0.2) is 65.6 Å². The summed E-state index contributed by atoms with van der Waals surface area (Å²) in [5.74, 6) is 0.185. The number of thioether (sulfide) groups is 1. The van der Waals surface area contributed by atoms with Crippen LogP contribution in [0.5, 0.6) is 17.2 Å². The topological polar surface area (TPSA) is 123 Å². The van der Waals surface area contributed by atoms with Gasteiger partial charge in [-0.3, -0.25) is 24.1 Å². The molecular weight excluding hydrogens is 534 g/mol. The molecule has 2 aliphatic rings. The van der Waals surface area contributed by atoms with E-state index < -0.39 is 23.6 Å². The molecule has 0 unspecified atom stereocenters. The number of benzene rings is 3. The number of ether oxygens (including phenoxy) is 3. The Bertz CT molecular complexity index is 1540. The Hall–Kier alpha value is -4.77. The van der Waals surface area contributed by atoms with E-state index in [1.807, 2.05) is 32.0 Å². The normalized spacial score (nSPS) is 14.9. The molecule has 4 amide bonds. The maximum atomic E-state index is 12.8. The van der Waals surface area contributed by atoms with Gasteiger partial charge in [0.15, 0.2) is 18.1 Å². The smallest absolute Gasteiger partial charge is 0.294 e. The highest BCUT2D eigenvalue weighted by atomic mass is 32.2. The van der Waals surface area contributed by atoms with E-state index in [0.717, 1.165) is 27.8 Å². The van der Waals surface area contributed by atoms with Gasteiger partial charge in [0.1, 0.15) is 12.3 Å². The van der Waals surface area contributed by atoms with Crippen LogP contribution in [0.1, 0.15) is 16.7 Å². The maximum Gasteiger partial charge on any atom is 0.294 e. The fraction of sp³-hybridized carbons (Fsp3) is 0.172. The molecule has 0 bridgehead atoms. The molecule has 0 aromatic heterocycles. The van der Waals surface area contributed by atoms with E-state index in [9.17, 15) is 19.2 Å². The number of aryl methyl sites for hydroxylation is 2. The second-order valence-corrected chi connectivity index (χ2v) is 10.1. The summed E-state index contributed by atoms with van der Waals surface area (Å²) in [5, 5.41) is 4.92. The summed E-state index contributed by atoms with van der Waals surface area (Å²) in [7, 11) is 0. The summed E-state index contributed by atoms with van der Waals surface area (Å²) in [6.45, 7) is 3.49. The summed E-state index contributed by atoms with van der Waals surface area (Å²) in [6.07, 6.45) is 1.57. The SMILES string of the molecule is Cc1ccc(NC(=O)COc2ccc(/C=C3\SC(=O)N(CC(=O)Nc4ccc5c(c4)OCO5)C3=O)cc2)cc1C. The van der Waals surface area contributed by atoms with Crippen molar-refractivity contribution < 1.29 is 33.4 Å². The van der Waals surface area contributed by atoms with E-state index in [-0.39, 0.29) is 24.2 Å². The summed E-state index contributed by atoms with van der Waals surface area (Å²) >= 11 is 0.760. The third-order valence-electron chi connectivity index (χ3n) is 6.17. The van der Waals surface area contributed by atoms with Crippen molar-refractivity contribution in [1.29, 1.82) is 0 Å². The van der Waals surface area contributed by atoms with Crippen molar-refractivity contribution in [2.75, 3.05) is 30.6 Å². The minimum absolute atomic E-state index is 0.108. The second kappa shape index (κ2) is 11.5. The zero-order chi connectivity index (χ0) is 28.2. The number of carbonyl (C=O) groups excluding carboxylic acids is 4. The molecule has 0 radical (unpaired) electrons. The van der Waals surface area contributed by atoms with Crippen LogP contribution in [0.3, 0.4) is 0 Å². The minimum atomic E-state index is -0.556. The molecule has 0 aliphatic carbocycles. The van der Waals surface area contributed by atoms with Crippen molar-refractivity contribution in [3.05, 3.63) is 82.3 Å². The van der Waals surface area contributed by atoms with Crippen LogP contribution in [0.4, 0.5) is 16.2 Å². The van der Waals surface area contributed by atoms with Gasteiger partial charge in [-0.2, -0.15) is 0 Å². The average molecular weight is 560 g/mol. The predicted molar refractivity (Wildman–Crippen MR) is 150 cm³/mol. The van der Waals surface area contributed by atoms with E-state index >= 15 is 0 Å². The van der Waals surface area contributed by atoms with Gasteiger partial charge in [-0.1, -0.05) is 18.2 Å². The number of hydrogen-bond acceptors (Lipinski definition) is 8. The average Bonchev–Trinajstić information content (AvgIpc) is 3.50. The lowest BCUT2D eigenvalue weighted by atomic mass is 10.1. The van der Waals surface area contributed by atoms with Gasteiger partial charge in [-0.05, 0) is 84.8 Å². The van der Waals surface area contributed by atoms with E-state index in [4.69, 9.17) is 14.2 Å². The zero-order valence-electron chi connectivity index (χ0n) is 21.7. The lowest BCUT2D eigenvalue weighted by molar-refractivity contribution is -0.127. The first-order valence-corrected chi connectivity index (χ1v) is 13.1. The number of nitrogens with zero attached hydrogens (tertiary/aromatic N) is 1. The fourth-order valence-corrected chi connectivity index (χ4v) is 4.77. The van der Waals surface area contributed by atoms with Crippen LogP contribution in [0.25, 0.3) is 6.08 Å². The number of rotatable bonds is 8. The molecule has 2 aliphatic heterocycles. The highest BCUT2D eigenvalue weighted by Crippen LogP contribution is 2.35. The standard InChI is InChI=1S/C29H25N3O7S/c1-17-3-6-20(11-18(17)2)31-27(34)15-37-22-8-4-19(5-9-22)12-25-28(35)32(29(36)40-25)14-26(33)30-21-7-10-23-24(13-21)39-16-38-23/h3-13H,14-16H2,1-2H3,(H,30,33)(H,31,34)/b25-12-. The first-order chi connectivity index (χ1) is 19.2. The maximum absolute atomic E-state index is 12.8. The van der Waals surface area contributed by atoms with Crippen molar-refractivity contribution in [3.63, 3.8) is 0 Å². The van der Waals surface area contributed by atoms with Crippen molar-refractivity contribution in [2.45, 2.75) is 13.8 Å². The summed E-state index contributed by atoms with van der Waals surface area (Å²) < 4.78 is 16.1. The van der Waals surface area contributed by atoms with Crippen LogP contribution < -0.4 is 24.8 Å². The van der Waals surface area contributed by atoms with Crippen LogP contribution >= 0.6 is 11.8 Å². The molecular formula is C29H25N3O7S. The monoisotopic (exact) mass is 559 g/mol. The lowest BCUT2D eigenvalue weighted by Gasteiger charge is -2.12. The fourth-order valence-electron chi connectivity index (χ4n) is 3.93. The summed E-state index contributed by atoms with van der Waals surface area (Å²) in [6, 6.07) is 17.3. The van der Waals surface area contributed by atoms with Gasteiger partial charge in [0.2, 0.25) is 12.7 Å². The molecule has 0 saturated carbocycles. The van der Waals surface area contributed by atoms with Gasteiger partial charge >= 0.3 is 0 Å². The highest BCUT2D eigenvalue weighted by molar-refractivity contribution is 8.18. The summed E-state index contributed by atoms with van der Waals surface area (Å²) in [5.41, 5.74) is 4.04. The van der Waals surface area contributed by atoms with Crippen LogP contribution in [-0.2, 0) is 14.4 Å². The number of fused-ring (bicyclic) bond motifs is 1. The number of anilines is 2. The number of hydrogen-bond donors (Lipinski definition) is 2. The third kappa shape index (κ3) is 6.26. The Labute approximate surface area is 234 Å². The molecule has 2 heterocycles. The first kappa shape index (κ1) is 26.8. The van der Waals surface area contributed by atoms with Gasteiger partial charge in [0.05, 0.1) is 4.91 Å². The van der Waals surface area contributed by atoms with Crippen molar-refractivity contribution in [1.82, 2.24) is 4.90 Å². The molecule has 0 atom stereocenters. The van der Waals surface area contributed by atoms with Gasteiger partial charge in [0, 0.05) is 17.4 Å². The molecule has 5 rings (SSSR count). The van der Waals surface area contributed by atoms with E-state index in [1.54, 1.807) is 48.5 Å². The molecule has 40 heavy (non-hydrogen) atoms. The van der Waals surface area contributed by atoms with Gasteiger partial charge in [0.25, 0.3) is 17.1 Å². The molecule has 1 fully saturated rings. The summed E-state index contributed by atoms with van der Waals surface area (Å²) in [4.78, 5) is 51.1. The Morgan fingerprint density at radius 3 is 2.38 bits per heavy atom. The Balaban J connectivity index is 1.13. The largest absolute Gasteiger partial charge is 0.484 e.